The Morgan fingerprint density at radius 2 is 1.70 bits per heavy atom. The largest absolute Gasteiger partial charge is 0.493 e. The fraction of sp³-hybridized carbons (Fsp3) is 0.462. The van der Waals surface area contributed by atoms with Crippen molar-refractivity contribution in [2.24, 2.45) is 5.73 Å². The van der Waals surface area contributed by atoms with E-state index < -0.39 is 32.1 Å². The summed E-state index contributed by atoms with van der Waals surface area (Å²) in [5.41, 5.74) is 6.94. The second-order valence-corrected chi connectivity index (χ2v) is 10.5. The zero-order valence-corrected chi connectivity index (χ0v) is 22.3. The van der Waals surface area contributed by atoms with Crippen molar-refractivity contribution in [2.75, 3.05) is 38.4 Å². The Bertz CT molecular complexity index is 1050. The van der Waals surface area contributed by atoms with Gasteiger partial charge < -0.3 is 25.2 Å². The smallest absolute Gasteiger partial charge is 0.328 e. The van der Waals surface area contributed by atoms with Gasteiger partial charge in [-0.2, -0.15) is 0 Å². The maximum atomic E-state index is 13.5. The lowest BCUT2D eigenvalue weighted by Gasteiger charge is -2.28. The second kappa shape index (κ2) is 15.4. The fourth-order valence-electron chi connectivity index (χ4n) is 3.83. The first kappa shape index (κ1) is 30.3. The van der Waals surface area contributed by atoms with E-state index in [2.05, 4.69) is 0 Å². The molecule has 0 aromatic heterocycles. The monoisotopic (exact) mass is 536 g/mol. The molecule has 0 aliphatic carbocycles. The number of nitrogens with zero attached hydrogens (tertiary/aromatic N) is 1. The third kappa shape index (κ3) is 10.2. The minimum Gasteiger partial charge on any atom is -0.493 e. The van der Waals surface area contributed by atoms with Gasteiger partial charge in [0.15, 0.2) is 11.5 Å². The number of rotatable bonds is 17. The first-order chi connectivity index (χ1) is 17.7. The number of anilines is 1. The van der Waals surface area contributed by atoms with Crippen LogP contribution in [0.25, 0.3) is 0 Å². The van der Waals surface area contributed by atoms with E-state index in [4.69, 9.17) is 19.7 Å². The van der Waals surface area contributed by atoms with Crippen molar-refractivity contribution < 1.29 is 38.2 Å². The minimum atomic E-state index is -4.14. The van der Waals surface area contributed by atoms with Gasteiger partial charge in [-0.15, -0.1) is 0 Å². The zero-order chi connectivity index (χ0) is 27.3. The highest BCUT2D eigenvalue weighted by Crippen LogP contribution is 2.45. The van der Waals surface area contributed by atoms with Crippen LogP contribution in [-0.4, -0.2) is 61.5 Å². The Morgan fingerprint density at radius 1 is 1.00 bits per heavy atom. The Morgan fingerprint density at radius 3 is 2.32 bits per heavy atom. The summed E-state index contributed by atoms with van der Waals surface area (Å²) in [6, 6.07) is 14.3. The number of carbonyl (C=O) groups excluding carboxylic acids is 1. The zero-order valence-electron chi connectivity index (χ0n) is 21.4. The number of amides is 1. The third-order valence-electron chi connectivity index (χ3n) is 5.72. The van der Waals surface area contributed by atoms with Crippen LogP contribution >= 0.6 is 7.60 Å². The average molecular weight is 537 g/mol. The molecular weight excluding hydrogens is 499 g/mol. The van der Waals surface area contributed by atoms with Gasteiger partial charge in [0, 0.05) is 11.8 Å². The minimum absolute atomic E-state index is 0.115. The van der Waals surface area contributed by atoms with E-state index in [0.717, 1.165) is 16.9 Å². The van der Waals surface area contributed by atoms with Crippen LogP contribution in [0.3, 0.4) is 0 Å². The van der Waals surface area contributed by atoms with Crippen molar-refractivity contribution in [1.82, 2.24) is 0 Å². The maximum Gasteiger partial charge on any atom is 0.328 e. The molecule has 10 nitrogen and oxygen atoms in total. The molecule has 37 heavy (non-hydrogen) atoms. The summed E-state index contributed by atoms with van der Waals surface area (Å²) in [4.78, 5) is 36.7. The fourth-order valence-corrected chi connectivity index (χ4v) is 5.15. The lowest BCUT2D eigenvalue weighted by Crippen LogP contribution is -2.43. The molecule has 0 aliphatic heterocycles. The predicted molar refractivity (Wildman–Crippen MR) is 141 cm³/mol. The highest BCUT2D eigenvalue weighted by Gasteiger charge is 2.33. The number of aryl methyl sites for hydroxylation is 1. The second-order valence-electron chi connectivity index (χ2n) is 8.54. The lowest BCUT2D eigenvalue weighted by atomic mass is 10.1. The Labute approximate surface area is 217 Å². The number of ether oxygens (including phenoxy) is 2. The van der Waals surface area contributed by atoms with Crippen molar-refractivity contribution in [3.05, 3.63) is 54.1 Å². The molecule has 2 aromatic carbocycles. The van der Waals surface area contributed by atoms with Crippen molar-refractivity contribution in [3.8, 4) is 11.5 Å². The van der Waals surface area contributed by atoms with E-state index in [1.54, 1.807) is 6.07 Å². The lowest BCUT2D eigenvalue weighted by molar-refractivity contribution is -0.137. The quantitative estimate of drug-likeness (QED) is 0.202. The van der Waals surface area contributed by atoms with Crippen LogP contribution in [0.1, 0.15) is 37.7 Å². The van der Waals surface area contributed by atoms with Crippen molar-refractivity contribution in [2.45, 2.75) is 44.6 Å². The van der Waals surface area contributed by atoms with Crippen LogP contribution in [0, 0.1) is 0 Å². The van der Waals surface area contributed by atoms with Gasteiger partial charge in [-0.3, -0.25) is 23.6 Å². The molecule has 2 atom stereocenters. The van der Waals surface area contributed by atoms with E-state index in [1.165, 1.54) is 26.4 Å². The topological polar surface area (TPSA) is 149 Å². The highest BCUT2D eigenvalue weighted by atomic mass is 31.2. The normalized spacial score (nSPS) is 13.4. The highest BCUT2D eigenvalue weighted by molar-refractivity contribution is 7.52. The average Bonchev–Trinajstić information content (AvgIpc) is 2.89. The molecule has 1 amide bonds. The molecule has 0 saturated carbocycles. The van der Waals surface area contributed by atoms with Gasteiger partial charge in [0.25, 0.3) is 5.91 Å². The molecule has 11 heteroatoms. The molecule has 0 heterocycles. The number of hydrogen-bond donors (Lipinski definition) is 3. The Hall–Kier alpha value is -2.91. The van der Waals surface area contributed by atoms with Crippen LogP contribution in [-0.2, 0) is 25.1 Å². The first-order valence-corrected chi connectivity index (χ1v) is 14.0. The SMILES string of the molecule is COc1ccc(N(CC(=O)O)C(=O)C(CCCCN)OP(=O)(O)CCCCc2ccccc2)cc1OC. The van der Waals surface area contributed by atoms with Crippen LogP contribution in [0.4, 0.5) is 5.69 Å². The van der Waals surface area contributed by atoms with E-state index in [-0.39, 0.29) is 18.3 Å². The number of methoxy groups -OCH3 is 2. The van der Waals surface area contributed by atoms with Crippen LogP contribution in [0.2, 0.25) is 0 Å². The molecule has 204 valence electrons. The maximum absolute atomic E-state index is 13.5. The number of unbranched alkanes of at least 4 members (excludes halogenated alkanes) is 2. The van der Waals surface area contributed by atoms with E-state index in [9.17, 15) is 24.2 Å². The van der Waals surface area contributed by atoms with Crippen molar-refractivity contribution in [3.63, 3.8) is 0 Å². The molecule has 0 aliphatic rings. The van der Waals surface area contributed by atoms with Crippen molar-refractivity contribution in [1.29, 1.82) is 0 Å². The van der Waals surface area contributed by atoms with Gasteiger partial charge in [-0.25, -0.2) is 0 Å². The first-order valence-electron chi connectivity index (χ1n) is 12.2. The standard InChI is InChI=1S/C26H37N2O8P/c1-34-22-15-14-21(18-24(22)35-2)28(19-25(29)30)26(31)23(13-6-8-16-27)36-37(32,33)17-9-7-12-20-10-4-3-5-11-20/h3-5,10-11,14-15,18,23H,6-9,12-13,16-17,19,27H2,1-2H3,(H,29,30)(H,32,33). The van der Waals surface area contributed by atoms with Crippen LogP contribution in [0.15, 0.2) is 48.5 Å². The van der Waals surface area contributed by atoms with Gasteiger partial charge in [0.2, 0.25) is 0 Å². The molecule has 0 saturated heterocycles. The van der Waals surface area contributed by atoms with E-state index in [1.807, 2.05) is 30.3 Å². The van der Waals surface area contributed by atoms with Gasteiger partial charge in [-0.1, -0.05) is 30.3 Å². The summed E-state index contributed by atoms with van der Waals surface area (Å²) in [7, 11) is -1.26. The van der Waals surface area contributed by atoms with Crippen LogP contribution < -0.4 is 20.1 Å². The summed E-state index contributed by atoms with van der Waals surface area (Å²) >= 11 is 0. The number of carboxylic acid groups (broad SMARTS) is 1. The predicted octanol–water partition coefficient (Wildman–Crippen LogP) is 3.84. The molecule has 0 fully saturated rings. The van der Waals surface area contributed by atoms with Gasteiger partial charge in [-0.05, 0) is 62.8 Å². The summed E-state index contributed by atoms with van der Waals surface area (Å²) in [5.74, 6) is -1.28. The van der Waals surface area contributed by atoms with Gasteiger partial charge in [0.1, 0.15) is 12.6 Å². The Kier molecular flexibility index (Phi) is 12.6. The molecule has 0 bridgehead atoms. The third-order valence-corrected chi connectivity index (χ3v) is 7.19. The number of benzene rings is 2. The van der Waals surface area contributed by atoms with Crippen LogP contribution in [0.5, 0.6) is 11.5 Å². The molecule has 2 unspecified atom stereocenters. The number of carboxylic acids is 1. The van der Waals surface area contributed by atoms with E-state index in [0.29, 0.717) is 43.7 Å². The number of hydrogen-bond acceptors (Lipinski definition) is 7. The molecule has 0 spiro atoms. The number of carbonyl (C=O) groups is 2. The molecule has 2 aromatic rings. The summed E-state index contributed by atoms with van der Waals surface area (Å²) in [5, 5.41) is 9.48. The summed E-state index contributed by atoms with van der Waals surface area (Å²) in [6.07, 6.45) is 1.60. The van der Waals surface area contributed by atoms with Gasteiger partial charge >= 0.3 is 13.6 Å². The molecular formula is C26H37N2O8P. The Balaban J connectivity index is 2.18. The summed E-state index contributed by atoms with van der Waals surface area (Å²) in [6.45, 7) is -0.288. The number of nitrogens with two attached hydrogens (primary N) is 1. The molecule has 0 radical (unpaired) electrons. The number of aliphatic carboxylic acids is 1. The summed E-state index contributed by atoms with van der Waals surface area (Å²) < 4.78 is 28.9. The van der Waals surface area contributed by atoms with Gasteiger partial charge in [0.05, 0.1) is 20.4 Å². The molecule has 4 N–H and O–H groups in total. The molecule has 2 rings (SSSR count). The van der Waals surface area contributed by atoms with E-state index >= 15 is 0 Å². The van der Waals surface area contributed by atoms with Crippen molar-refractivity contribution >= 4 is 25.2 Å².